The molecule has 5 rings (SSSR count). The summed E-state index contributed by atoms with van der Waals surface area (Å²) in [6.07, 6.45) is 5.92. The van der Waals surface area contributed by atoms with E-state index in [0.29, 0.717) is 43.4 Å². The first-order valence-electron chi connectivity index (χ1n) is 11.6. The minimum atomic E-state index is -0.0852. The zero-order valence-electron chi connectivity index (χ0n) is 19.1. The van der Waals surface area contributed by atoms with Gasteiger partial charge in [-0.05, 0) is 55.1 Å². The number of rotatable bonds is 8. The Hall–Kier alpha value is -2.42. The Labute approximate surface area is 212 Å². The Bertz CT molecular complexity index is 1400. The average Bonchev–Trinajstić information content (AvgIpc) is 3.50. The predicted molar refractivity (Wildman–Crippen MR) is 143 cm³/mol. The average molecular weight is 510 g/mol. The highest BCUT2D eigenvalue weighted by Gasteiger charge is 2.22. The van der Waals surface area contributed by atoms with Crippen LogP contribution in [-0.2, 0) is 13.0 Å². The lowest BCUT2D eigenvalue weighted by Gasteiger charge is -2.16. The number of hydrogen-bond donors (Lipinski definition) is 0. The second-order valence-corrected chi connectivity index (χ2v) is 11.2. The van der Waals surface area contributed by atoms with Crippen molar-refractivity contribution in [3.63, 3.8) is 0 Å². The number of hydrogen-bond acceptors (Lipinski definition) is 6. The molecule has 1 fully saturated rings. The largest absolute Gasteiger partial charge is 0.495 e. The van der Waals surface area contributed by atoms with Crippen LogP contribution in [0.3, 0.4) is 0 Å². The van der Waals surface area contributed by atoms with E-state index in [2.05, 4.69) is 12.1 Å². The molecule has 8 heteroatoms. The standard InChI is InChI=1S/C26H27N3O2S3/c1-31-21-14-8-7-13-20(21)29-24(30)22-23(27-25(29)33-17-19-11-5-6-12-19)28(26(32)34-22)16-15-18-9-3-2-4-10-18/h2-4,7-10,13-14,19H,5-6,11-12,15-17H2,1H3. The molecule has 0 unspecified atom stereocenters. The maximum atomic E-state index is 13.9. The van der Waals surface area contributed by atoms with Gasteiger partial charge in [0.2, 0.25) is 0 Å². The summed E-state index contributed by atoms with van der Waals surface area (Å²) in [5.74, 6) is 2.29. The summed E-state index contributed by atoms with van der Waals surface area (Å²) in [6.45, 7) is 0.695. The topological polar surface area (TPSA) is 49.0 Å². The number of para-hydroxylation sites is 2. The molecule has 2 heterocycles. The molecule has 0 N–H and O–H groups in total. The zero-order chi connectivity index (χ0) is 23.5. The summed E-state index contributed by atoms with van der Waals surface area (Å²) >= 11 is 8.71. The number of thioether (sulfide) groups is 1. The molecule has 0 atom stereocenters. The van der Waals surface area contributed by atoms with E-state index >= 15 is 0 Å². The molecular weight excluding hydrogens is 483 g/mol. The Morgan fingerprint density at radius 2 is 1.85 bits per heavy atom. The van der Waals surface area contributed by atoms with Crippen LogP contribution in [0.5, 0.6) is 5.75 Å². The third kappa shape index (κ3) is 4.72. The van der Waals surface area contributed by atoms with Crippen molar-refractivity contribution < 1.29 is 4.74 Å². The van der Waals surface area contributed by atoms with Crippen LogP contribution < -0.4 is 10.3 Å². The van der Waals surface area contributed by atoms with Gasteiger partial charge in [0.1, 0.15) is 10.4 Å². The zero-order valence-corrected chi connectivity index (χ0v) is 21.6. The second-order valence-electron chi connectivity index (χ2n) is 8.58. The fourth-order valence-electron chi connectivity index (χ4n) is 4.55. The van der Waals surface area contributed by atoms with Crippen molar-refractivity contribution in [1.82, 2.24) is 14.1 Å². The molecule has 0 spiro atoms. The number of aromatic nitrogens is 3. The molecule has 1 aliphatic rings. The van der Waals surface area contributed by atoms with E-state index < -0.39 is 0 Å². The number of thiazole rings is 1. The molecular formula is C26H27N3O2S3. The van der Waals surface area contributed by atoms with Crippen molar-refractivity contribution in [2.45, 2.75) is 43.8 Å². The minimum Gasteiger partial charge on any atom is -0.495 e. The molecule has 0 bridgehead atoms. The Morgan fingerprint density at radius 1 is 1.12 bits per heavy atom. The molecule has 0 saturated heterocycles. The quantitative estimate of drug-likeness (QED) is 0.154. The number of methoxy groups -OCH3 is 1. The van der Waals surface area contributed by atoms with Gasteiger partial charge in [-0.25, -0.2) is 4.98 Å². The van der Waals surface area contributed by atoms with Crippen LogP contribution in [0.15, 0.2) is 64.5 Å². The Kier molecular flexibility index (Phi) is 7.18. The maximum Gasteiger partial charge on any atom is 0.278 e. The van der Waals surface area contributed by atoms with Gasteiger partial charge in [-0.1, -0.05) is 78.4 Å². The molecule has 1 saturated carbocycles. The maximum absolute atomic E-state index is 13.9. The SMILES string of the molecule is COc1ccccc1-n1c(SCC2CCCC2)nc2c(sc(=S)n2CCc2ccccc2)c1=O. The molecule has 4 aromatic rings. The van der Waals surface area contributed by atoms with Gasteiger partial charge in [0.05, 0.1) is 12.8 Å². The number of benzene rings is 2. The van der Waals surface area contributed by atoms with Gasteiger partial charge < -0.3 is 9.30 Å². The van der Waals surface area contributed by atoms with E-state index in [1.807, 2.05) is 47.0 Å². The molecule has 1 aliphatic carbocycles. The molecule has 2 aromatic heterocycles. The van der Waals surface area contributed by atoms with Crippen molar-refractivity contribution in [3.05, 3.63) is 74.5 Å². The lowest BCUT2D eigenvalue weighted by atomic mass is 10.1. The van der Waals surface area contributed by atoms with Gasteiger partial charge in [0, 0.05) is 12.3 Å². The Morgan fingerprint density at radius 3 is 2.62 bits per heavy atom. The van der Waals surface area contributed by atoms with Gasteiger partial charge >= 0.3 is 0 Å². The van der Waals surface area contributed by atoms with E-state index in [4.69, 9.17) is 21.9 Å². The van der Waals surface area contributed by atoms with Crippen LogP contribution in [-0.4, -0.2) is 27.0 Å². The third-order valence-corrected chi connectivity index (χ3v) is 8.97. The molecule has 176 valence electrons. The summed E-state index contributed by atoms with van der Waals surface area (Å²) in [5, 5.41) is 0.704. The lowest BCUT2D eigenvalue weighted by molar-refractivity contribution is 0.411. The first-order valence-corrected chi connectivity index (χ1v) is 13.8. The van der Waals surface area contributed by atoms with Crippen LogP contribution in [0.4, 0.5) is 0 Å². The van der Waals surface area contributed by atoms with Crippen LogP contribution in [0, 0.1) is 9.87 Å². The van der Waals surface area contributed by atoms with Crippen molar-refractivity contribution >= 4 is 45.7 Å². The van der Waals surface area contributed by atoms with E-state index in [1.165, 1.54) is 42.6 Å². The van der Waals surface area contributed by atoms with Gasteiger partial charge in [-0.15, -0.1) is 0 Å². The number of ether oxygens (including phenoxy) is 1. The highest BCUT2D eigenvalue weighted by molar-refractivity contribution is 7.99. The first-order chi connectivity index (χ1) is 16.7. The van der Waals surface area contributed by atoms with Gasteiger partial charge in [0.25, 0.3) is 5.56 Å². The highest BCUT2D eigenvalue weighted by atomic mass is 32.2. The highest BCUT2D eigenvalue weighted by Crippen LogP contribution is 2.33. The molecule has 2 aromatic carbocycles. The molecule has 5 nitrogen and oxygen atoms in total. The molecule has 0 amide bonds. The Balaban J connectivity index is 1.61. The van der Waals surface area contributed by atoms with E-state index in [0.717, 1.165) is 12.2 Å². The van der Waals surface area contributed by atoms with E-state index in [9.17, 15) is 4.79 Å². The normalized spacial score (nSPS) is 14.1. The molecule has 0 aliphatic heterocycles. The predicted octanol–water partition coefficient (Wildman–Crippen LogP) is 6.51. The number of nitrogens with zero attached hydrogens (tertiary/aromatic N) is 3. The summed E-state index contributed by atoms with van der Waals surface area (Å²) < 4.78 is 10.6. The van der Waals surface area contributed by atoms with E-state index in [1.54, 1.807) is 23.4 Å². The number of fused-ring (bicyclic) bond motifs is 1. The number of aryl methyl sites for hydroxylation is 2. The summed E-state index contributed by atoms with van der Waals surface area (Å²) in [5.41, 5.74) is 2.56. The second kappa shape index (κ2) is 10.5. The lowest BCUT2D eigenvalue weighted by Crippen LogP contribution is -2.22. The summed E-state index contributed by atoms with van der Waals surface area (Å²) in [4.78, 5) is 18.9. The van der Waals surface area contributed by atoms with Crippen molar-refractivity contribution in [2.24, 2.45) is 5.92 Å². The smallest absolute Gasteiger partial charge is 0.278 e. The van der Waals surface area contributed by atoms with E-state index in [-0.39, 0.29) is 5.56 Å². The summed E-state index contributed by atoms with van der Waals surface area (Å²) in [6, 6.07) is 18.0. The van der Waals surface area contributed by atoms with Gasteiger partial charge in [-0.3, -0.25) is 9.36 Å². The fraction of sp³-hybridized carbons (Fsp3) is 0.346. The van der Waals surface area contributed by atoms with Crippen molar-refractivity contribution in [1.29, 1.82) is 0 Å². The van der Waals surface area contributed by atoms with Crippen LogP contribution in [0.25, 0.3) is 16.0 Å². The monoisotopic (exact) mass is 509 g/mol. The summed E-state index contributed by atoms with van der Waals surface area (Å²) in [7, 11) is 1.63. The molecule has 0 radical (unpaired) electrons. The van der Waals surface area contributed by atoms with Crippen LogP contribution >= 0.6 is 35.3 Å². The van der Waals surface area contributed by atoms with Gasteiger partial charge in [-0.2, -0.15) is 0 Å². The van der Waals surface area contributed by atoms with Crippen molar-refractivity contribution in [2.75, 3.05) is 12.9 Å². The fourth-order valence-corrected chi connectivity index (χ4v) is 7.05. The van der Waals surface area contributed by atoms with Crippen LogP contribution in [0.2, 0.25) is 0 Å². The van der Waals surface area contributed by atoms with Crippen molar-refractivity contribution in [3.8, 4) is 11.4 Å². The molecule has 34 heavy (non-hydrogen) atoms. The van der Waals surface area contributed by atoms with Gasteiger partial charge in [0.15, 0.2) is 14.8 Å². The third-order valence-electron chi connectivity index (χ3n) is 6.37. The van der Waals surface area contributed by atoms with Crippen LogP contribution in [0.1, 0.15) is 31.2 Å². The first kappa shape index (κ1) is 23.3. The minimum absolute atomic E-state index is 0.0852.